The summed E-state index contributed by atoms with van der Waals surface area (Å²) in [5.74, 6) is 1.17. The molecule has 1 fully saturated rings. The lowest BCUT2D eigenvalue weighted by molar-refractivity contribution is -0.124. The van der Waals surface area contributed by atoms with Gasteiger partial charge >= 0.3 is 5.97 Å². The van der Waals surface area contributed by atoms with Gasteiger partial charge in [0.15, 0.2) is 6.61 Å². The summed E-state index contributed by atoms with van der Waals surface area (Å²) in [5, 5.41) is 3.92. The van der Waals surface area contributed by atoms with Gasteiger partial charge in [-0.15, -0.1) is 0 Å². The lowest BCUT2D eigenvalue weighted by Crippen LogP contribution is -2.45. The minimum Gasteiger partial charge on any atom is -0.484 e. The molecule has 4 rings (SSSR count). The van der Waals surface area contributed by atoms with Crippen LogP contribution in [0.2, 0.25) is 0 Å². The maximum atomic E-state index is 12.9. The first-order valence-electron chi connectivity index (χ1n) is 12.6. The highest BCUT2D eigenvalue weighted by molar-refractivity contribution is 6.06. The fraction of sp³-hybridized carbons (Fsp3) is 0.448. The number of nitrogens with zero attached hydrogens (tertiary/aromatic N) is 1. The summed E-state index contributed by atoms with van der Waals surface area (Å²) in [7, 11) is 0. The summed E-state index contributed by atoms with van der Waals surface area (Å²) < 4.78 is 13.4. The predicted molar refractivity (Wildman–Crippen MR) is 138 cm³/mol. The number of hydrogen-bond donors (Lipinski definition) is 1. The molecule has 35 heavy (non-hydrogen) atoms. The number of hydrogen-bond acceptors (Lipinski definition) is 4. The lowest BCUT2D eigenvalue weighted by Gasteiger charge is -2.34. The van der Waals surface area contributed by atoms with Crippen molar-refractivity contribution in [2.45, 2.75) is 59.5 Å². The second kappa shape index (κ2) is 11.0. The summed E-state index contributed by atoms with van der Waals surface area (Å²) in [5.41, 5.74) is 3.46. The van der Waals surface area contributed by atoms with E-state index in [1.165, 1.54) is 6.42 Å². The standard InChI is InChI=1S/C29H36N2O4/c1-5-34-29(33)28-21(4)31(17-22-11-7-6-8-12-22)26-15-14-23(16-24(26)28)35-18-27(32)30-25-13-9-10-19(2)20(25)3/h6-8,11-12,14-16,19-20,25H,5,9-10,13,17-18H2,1-4H3,(H,30,32)/t19-,20+,25-/m1/s1. The number of rotatable bonds is 8. The Kier molecular flexibility index (Phi) is 7.79. The van der Waals surface area contributed by atoms with Crippen LogP contribution in [-0.2, 0) is 16.1 Å². The van der Waals surface area contributed by atoms with Crippen LogP contribution in [0.25, 0.3) is 10.9 Å². The number of carbonyl (C=O) groups excluding carboxylic acids is 2. The van der Waals surface area contributed by atoms with Crippen LogP contribution in [0.5, 0.6) is 5.75 Å². The average molecular weight is 477 g/mol. The van der Waals surface area contributed by atoms with E-state index in [9.17, 15) is 9.59 Å². The molecular weight excluding hydrogens is 440 g/mol. The van der Waals surface area contributed by atoms with E-state index in [1.807, 2.05) is 43.3 Å². The van der Waals surface area contributed by atoms with Crippen LogP contribution in [-0.4, -0.2) is 35.7 Å². The maximum Gasteiger partial charge on any atom is 0.340 e. The minimum absolute atomic E-state index is 0.0540. The van der Waals surface area contributed by atoms with E-state index in [4.69, 9.17) is 9.47 Å². The van der Waals surface area contributed by atoms with Crippen LogP contribution in [0.1, 0.15) is 61.6 Å². The summed E-state index contributed by atoms with van der Waals surface area (Å²) in [6.45, 7) is 9.10. The van der Waals surface area contributed by atoms with Crippen LogP contribution >= 0.6 is 0 Å². The van der Waals surface area contributed by atoms with Crippen molar-refractivity contribution in [3.63, 3.8) is 0 Å². The molecule has 3 atom stereocenters. The second-order valence-electron chi connectivity index (χ2n) is 9.66. The first-order chi connectivity index (χ1) is 16.9. The Hall–Kier alpha value is -3.28. The molecule has 1 aliphatic carbocycles. The maximum absolute atomic E-state index is 12.9. The molecule has 6 nitrogen and oxygen atoms in total. The van der Waals surface area contributed by atoms with Crippen molar-refractivity contribution in [2.75, 3.05) is 13.2 Å². The molecule has 0 spiro atoms. The van der Waals surface area contributed by atoms with E-state index in [-0.39, 0.29) is 24.5 Å². The van der Waals surface area contributed by atoms with Gasteiger partial charge in [0.1, 0.15) is 5.75 Å². The minimum atomic E-state index is -0.350. The number of nitrogens with one attached hydrogen (secondary N) is 1. The number of esters is 1. The van der Waals surface area contributed by atoms with E-state index in [2.05, 4.69) is 35.9 Å². The van der Waals surface area contributed by atoms with E-state index in [0.29, 0.717) is 36.3 Å². The summed E-state index contributed by atoms with van der Waals surface area (Å²) >= 11 is 0. The SMILES string of the molecule is CCOC(=O)c1c(C)n(Cc2ccccc2)c2ccc(OCC(=O)N[C@@H]3CCC[C@@H](C)[C@@H]3C)cc12. The number of carbonyl (C=O) groups is 2. The quantitative estimate of drug-likeness (QED) is 0.436. The Morgan fingerprint density at radius 2 is 1.86 bits per heavy atom. The topological polar surface area (TPSA) is 69.6 Å². The average Bonchev–Trinajstić information content (AvgIpc) is 3.12. The van der Waals surface area contributed by atoms with Crippen molar-refractivity contribution in [1.29, 1.82) is 0 Å². The van der Waals surface area contributed by atoms with Gasteiger partial charge < -0.3 is 19.4 Å². The third-order valence-electron chi connectivity index (χ3n) is 7.38. The van der Waals surface area contributed by atoms with Crippen LogP contribution in [0.4, 0.5) is 0 Å². The lowest BCUT2D eigenvalue weighted by atomic mass is 9.78. The van der Waals surface area contributed by atoms with Crippen LogP contribution in [0.15, 0.2) is 48.5 Å². The van der Waals surface area contributed by atoms with Gasteiger partial charge in [-0.05, 0) is 55.9 Å². The van der Waals surface area contributed by atoms with Gasteiger partial charge in [-0.1, -0.05) is 57.0 Å². The van der Waals surface area contributed by atoms with Gasteiger partial charge in [-0.3, -0.25) is 4.79 Å². The van der Waals surface area contributed by atoms with Crippen molar-refractivity contribution >= 4 is 22.8 Å². The number of fused-ring (bicyclic) bond motifs is 1. The summed E-state index contributed by atoms with van der Waals surface area (Å²) in [6.07, 6.45) is 3.38. The monoisotopic (exact) mass is 476 g/mol. The number of amides is 1. The van der Waals surface area contributed by atoms with Crippen LogP contribution in [0.3, 0.4) is 0 Å². The molecule has 1 heterocycles. The molecule has 0 unspecified atom stereocenters. The van der Waals surface area contributed by atoms with E-state index in [0.717, 1.165) is 35.0 Å². The molecule has 186 valence electrons. The molecule has 1 aromatic heterocycles. The third-order valence-corrected chi connectivity index (χ3v) is 7.38. The molecule has 0 aliphatic heterocycles. The van der Waals surface area contributed by atoms with Gasteiger partial charge in [0.05, 0.1) is 12.2 Å². The molecule has 0 bridgehead atoms. The molecule has 2 aromatic carbocycles. The van der Waals surface area contributed by atoms with E-state index < -0.39 is 0 Å². The molecule has 1 saturated carbocycles. The highest BCUT2D eigenvalue weighted by Gasteiger charge is 2.28. The number of ether oxygens (including phenoxy) is 2. The van der Waals surface area contributed by atoms with Crippen LogP contribution < -0.4 is 10.1 Å². The van der Waals surface area contributed by atoms with Crippen molar-refractivity contribution in [2.24, 2.45) is 11.8 Å². The molecule has 6 heteroatoms. The number of benzene rings is 2. The van der Waals surface area contributed by atoms with E-state index >= 15 is 0 Å². The van der Waals surface area contributed by atoms with Gasteiger partial charge in [-0.25, -0.2) is 4.79 Å². The smallest absolute Gasteiger partial charge is 0.340 e. The number of aromatic nitrogens is 1. The zero-order valence-corrected chi connectivity index (χ0v) is 21.2. The zero-order chi connectivity index (χ0) is 24.9. The van der Waals surface area contributed by atoms with Gasteiger partial charge in [0.25, 0.3) is 5.91 Å². The molecule has 0 radical (unpaired) electrons. The zero-order valence-electron chi connectivity index (χ0n) is 21.2. The van der Waals surface area contributed by atoms with Crippen molar-refractivity contribution in [3.05, 3.63) is 65.4 Å². The first kappa shape index (κ1) is 24.8. The molecule has 1 amide bonds. The van der Waals surface area contributed by atoms with Gasteiger partial charge in [-0.2, -0.15) is 0 Å². The van der Waals surface area contributed by atoms with Gasteiger partial charge in [0, 0.05) is 29.2 Å². The third kappa shape index (κ3) is 5.53. The van der Waals surface area contributed by atoms with E-state index in [1.54, 1.807) is 6.92 Å². The Morgan fingerprint density at radius 3 is 2.60 bits per heavy atom. The molecule has 3 aromatic rings. The van der Waals surface area contributed by atoms with Crippen molar-refractivity contribution in [1.82, 2.24) is 9.88 Å². The second-order valence-corrected chi connectivity index (χ2v) is 9.66. The molecule has 1 aliphatic rings. The van der Waals surface area contributed by atoms with Crippen molar-refractivity contribution < 1.29 is 19.1 Å². The molecule has 1 N–H and O–H groups in total. The first-order valence-corrected chi connectivity index (χ1v) is 12.6. The Balaban J connectivity index is 1.55. The Morgan fingerprint density at radius 1 is 1.09 bits per heavy atom. The molecule has 0 saturated heterocycles. The van der Waals surface area contributed by atoms with Crippen LogP contribution in [0, 0.1) is 18.8 Å². The fourth-order valence-electron chi connectivity index (χ4n) is 5.16. The molecular formula is C29H36N2O4. The highest BCUT2D eigenvalue weighted by atomic mass is 16.5. The summed E-state index contributed by atoms with van der Waals surface area (Å²) in [6, 6.07) is 16.0. The largest absolute Gasteiger partial charge is 0.484 e. The Labute approximate surface area is 207 Å². The van der Waals surface area contributed by atoms with Crippen molar-refractivity contribution in [3.8, 4) is 5.75 Å². The normalized spacial score (nSPS) is 19.9. The Bertz CT molecular complexity index is 1180. The van der Waals surface area contributed by atoms with Gasteiger partial charge in [0.2, 0.25) is 0 Å². The predicted octanol–water partition coefficient (Wildman–Crippen LogP) is 5.49. The highest BCUT2D eigenvalue weighted by Crippen LogP contribution is 2.31. The fourth-order valence-corrected chi connectivity index (χ4v) is 5.16. The summed E-state index contributed by atoms with van der Waals surface area (Å²) in [4.78, 5) is 25.5.